The van der Waals surface area contributed by atoms with Gasteiger partial charge in [-0.2, -0.15) is 0 Å². The molecule has 4 nitrogen and oxygen atoms in total. The molecule has 1 aliphatic heterocycles. The Hall–Kier alpha value is -1.13. The number of ether oxygens (including phenoxy) is 1. The molecular weight excluding hydrogens is 170 g/mol. The minimum Gasteiger partial charge on any atom is -0.491 e. The second-order valence-electron chi connectivity index (χ2n) is 3.14. The van der Waals surface area contributed by atoms with Crippen molar-refractivity contribution in [1.82, 2.24) is 4.98 Å². The zero-order valence-corrected chi connectivity index (χ0v) is 7.10. The number of fused-ring (bicyclic) bond motifs is 1. The third-order valence-corrected chi connectivity index (χ3v) is 2.25. The van der Waals surface area contributed by atoms with Crippen molar-refractivity contribution < 1.29 is 14.9 Å². The predicted octanol–water partition coefficient (Wildman–Crippen LogP) is 0.0440. The molecule has 0 radical (unpaired) electrons. The van der Waals surface area contributed by atoms with Crippen molar-refractivity contribution in [3.05, 3.63) is 24.0 Å². The van der Waals surface area contributed by atoms with Gasteiger partial charge in [-0.15, -0.1) is 0 Å². The quantitative estimate of drug-likeness (QED) is 0.642. The largest absolute Gasteiger partial charge is 0.491 e. The Morgan fingerprint density at radius 1 is 1.62 bits per heavy atom. The molecule has 0 aromatic carbocycles. The number of aliphatic hydroxyl groups is 2. The van der Waals surface area contributed by atoms with E-state index in [1.807, 2.05) is 0 Å². The summed E-state index contributed by atoms with van der Waals surface area (Å²) in [6.07, 6.45) is 1.96. The zero-order valence-electron chi connectivity index (χ0n) is 7.10. The number of pyridine rings is 1. The Balaban J connectivity index is 2.48. The molecular formula is C9H11NO3. The molecule has 0 fully saturated rings. The Kier molecular flexibility index (Phi) is 1.94. The molecule has 4 heteroatoms. The summed E-state index contributed by atoms with van der Waals surface area (Å²) in [6, 6.07) is 3.48. The van der Waals surface area contributed by atoms with E-state index in [1.54, 1.807) is 18.3 Å². The lowest BCUT2D eigenvalue weighted by Gasteiger charge is -2.31. The lowest BCUT2D eigenvalue weighted by molar-refractivity contribution is -0.0513. The number of rotatable bonds is 1. The van der Waals surface area contributed by atoms with Crippen LogP contribution in [0, 0.1) is 0 Å². The monoisotopic (exact) mass is 181 g/mol. The first-order chi connectivity index (χ1) is 6.26. The number of hydrogen-bond acceptors (Lipinski definition) is 4. The Morgan fingerprint density at radius 2 is 2.46 bits per heavy atom. The van der Waals surface area contributed by atoms with E-state index in [9.17, 15) is 5.11 Å². The fourth-order valence-electron chi connectivity index (χ4n) is 1.46. The molecule has 0 aliphatic carbocycles. The summed E-state index contributed by atoms with van der Waals surface area (Å²) in [4.78, 5) is 4.01. The van der Waals surface area contributed by atoms with Crippen LogP contribution < -0.4 is 4.74 Å². The number of nitrogens with zero attached hydrogens (tertiary/aromatic N) is 1. The third-order valence-electron chi connectivity index (χ3n) is 2.25. The van der Waals surface area contributed by atoms with Crippen LogP contribution in [0.15, 0.2) is 18.3 Å². The SMILES string of the molecule is OC[C@@]1(O)CCOc2cccnc21. The van der Waals surface area contributed by atoms with Gasteiger partial charge in [0.1, 0.15) is 17.0 Å². The van der Waals surface area contributed by atoms with Gasteiger partial charge in [-0.1, -0.05) is 0 Å². The highest BCUT2D eigenvalue weighted by atomic mass is 16.5. The van der Waals surface area contributed by atoms with E-state index in [1.165, 1.54) is 0 Å². The lowest BCUT2D eigenvalue weighted by Crippen LogP contribution is -2.37. The highest BCUT2D eigenvalue weighted by Crippen LogP contribution is 2.34. The lowest BCUT2D eigenvalue weighted by atomic mass is 9.94. The summed E-state index contributed by atoms with van der Waals surface area (Å²) in [7, 11) is 0. The van der Waals surface area contributed by atoms with Crippen molar-refractivity contribution in [3.8, 4) is 5.75 Å². The van der Waals surface area contributed by atoms with Gasteiger partial charge >= 0.3 is 0 Å². The van der Waals surface area contributed by atoms with Crippen LogP contribution >= 0.6 is 0 Å². The molecule has 2 N–H and O–H groups in total. The molecule has 0 unspecified atom stereocenters. The van der Waals surface area contributed by atoms with Crippen molar-refractivity contribution in [2.75, 3.05) is 13.2 Å². The van der Waals surface area contributed by atoms with Crippen molar-refractivity contribution in [1.29, 1.82) is 0 Å². The maximum absolute atomic E-state index is 9.94. The minimum absolute atomic E-state index is 0.319. The first-order valence-electron chi connectivity index (χ1n) is 4.18. The Bertz CT molecular complexity index is 315. The molecule has 1 atom stereocenters. The highest BCUT2D eigenvalue weighted by Gasteiger charge is 2.36. The van der Waals surface area contributed by atoms with E-state index in [2.05, 4.69) is 4.98 Å². The van der Waals surface area contributed by atoms with E-state index in [4.69, 9.17) is 9.84 Å². The maximum Gasteiger partial charge on any atom is 0.143 e. The molecule has 1 aliphatic rings. The van der Waals surface area contributed by atoms with Gasteiger partial charge in [-0.3, -0.25) is 4.98 Å². The van der Waals surface area contributed by atoms with Crippen LogP contribution in [0.25, 0.3) is 0 Å². The van der Waals surface area contributed by atoms with Gasteiger partial charge in [0.15, 0.2) is 0 Å². The van der Waals surface area contributed by atoms with Crippen LogP contribution in [0.3, 0.4) is 0 Å². The Morgan fingerprint density at radius 3 is 3.23 bits per heavy atom. The van der Waals surface area contributed by atoms with Crippen molar-refractivity contribution in [2.45, 2.75) is 12.0 Å². The van der Waals surface area contributed by atoms with Crippen molar-refractivity contribution in [3.63, 3.8) is 0 Å². The van der Waals surface area contributed by atoms with Gasteiger partial charge in [0, 0.05) is 12.6 Å². The molecule has 1 aromatic heterocycles. The van der Waals surface area contributed by atoms with E-state index < -0.39 is 5.60 Å². The zero-order chi connectivity index (χ0) is 9.31. The van der Waals surface area contributed by atoms with Gasteiger partial charge < -0.3 is 14.9 Å². The summed E-state index contributed by atoms with van der Waals surface area (Å²) in [5.41, 5.74) is -0.793. The predicted molar refractivity (Wildman–Crippen MR) is 45.3 cm³/mol. The van der Waals surface area contributed by atoms with Crippen LogP contribution in [-0.2, 0) is 5.60 Å². The topological polar surface area (TPSA) is 62.6 Å². The molecule has 0 spiro atoms. The van der Waals surface area contributed by atoms with Crippen LogP contribution in [0.5, 0.6) is 5.75 Å². The van der Waals surface area contributed by atoms with Crippen molar-refractivity contribution in [2.24, 2.45) is 0 Å². The average molecular weight is 181 g/mol. The van der Waals surface area contributed by atoms with Crippen LogP contribution in [0.2, 0.25) is 0 Å². The van der Waals surface area contributed by atoms with Crippen LogP contribution in [-0.4, -0.2) is 28.4 Å². The summed E-state index contributed by atoms with van der Waals surface area (Å²) >= 11 is 0. The summed E-state index contributed by atoms with van der Waals surface area (Å²) < 4.78 is 5.29. The average Bonchev–Trinajstić information content (AvgIpc) is 2.19. The highest BCUT2D eigenvalue weighted by molar-refractivity contribution is 5.33. The van der Waals surface area contributed by atoms with Crippen LogP contribution in [0.1, 0.15) is 12.1 Å². The second kappa shape index (κ2) is 2.97. The standard InChI is InChI=1S/C9H11NO3/c11-6-9(12)3-5-13-7-2-1-4-10-8(7)9/h1-2,4,11-12H,3,5-6H2/t9-/m0/s1. The molecule has 0 saturated heterocycles. The Labute approximate surface area is 75.8 Å². The molecule has 2 heterocycles. The summed E-state index contributed by atoms with van der Waals surface area (Å²) in [5.74, 6) is 0.560. The molecule has 0 amide bonds. The van der Waals surface area contributed by atoms with Crippen LogP contribution in [0.4, 0.5) is 0 Å². The molecule has 0 bridgehead atoms. The number of aliphatic hydroxyl groups excluding tert-OH is 1. The van der Waals surface area contributed by atoms with E-state index in [0.29, 0.717) is 24.5 Å². The van der Waals surface area contributed by atoms with Gasteiger partial charge in [0.25, 0.3) is 0 Å². The van der Waals surface area contributed by atoms with E-state index >= 15 is 0 Å². The molecule has 13 heavy (non-hydrogen) atoms. The van der Waals surface area contributed by atoms with E-state index in [0.717, 1.165) is 0 Å². The number of aromatic nitrogens is 1. The molecule has 0 saturated carbocycles. The fraction of sp³-hybridized carbons (Fsp3) is 0.444. The third kappa shape index (κ3) is 1.28. The van der Waals surface area contributed by atoms with Crippen molar-refractivity contribution >= 4 is 0 Å². The first-order valence-corrected chi connectivity index (χ1v) is 4.18. The summed E-state index contributed by atoms with van der Waals surface area (Å²) in [6.45, 7) is 0.0934. The van der Waals surface area contributed by atoms with Gasteiger partial charge in [-0.05, 0) is 12.1 Å². The van der Waals surface area contributed by atoms with Gasteiger partial charge in [-0.25, -0.2) is 0 Å². The minimum atomic E-state index is -1.23. The smallest absolute Gasteiger partial charge is 0.143 e. The second-order valence-corrected chi connectivity index (χ2v) is 3.14. The fourth-order valence-corrected chi connectivity index (χ4v) is 1.46. The number of hydrogen-bond donors (Lipinski definition) is 2. The molecule has 1 aromatic rings. The van der Waals surface area contributed by atoms with E-state index in [-0.39, 0.29) is 6.61 Å². The molecule has 2 rings (SSSR count). The maximum atomic E-state index is 9.94. The summed E-state index contributed by atoms with van der Waals surface area (Å²) in [5, 5.41) is 19.0. The molecule has 70 valence electrons. The van der Waals surface area contributed by atoms with Gasteiger partial charge in [0.2, 0.25) is 0 Å². The normalized spacial score (nSPS) is 26.3. The first kappa shape index (κ1) is 8.47. The van der Waals surface area contributed by atoms with Gasteiger partial charge in [0.05, 0.1) is 13.2 Å².